The molecule has 2 N–H and O–H groups in total. The number of piperidine rings is 1. The Bertz CT molecular complexity index is 483. The van der Waals surface area contributed by atoms with Gasteiger partial charge in [0.25, 0.3) is 0 Å². The molecule has 1 aliphatic heterocycles. The summed E-state index contributed by atoms with van der Waals surface area (Å²) in [4.78, 5) is 15.2. The second-order valence-electron chi connectivity index (χ2n) is 4.57. The van der Waals surface area contributed by atoms with Crippen LogP contribution in [0.25, 0.3) is 0 Å². The maximum atomic E-state index is 12.1. The van der Waals surface area contributed by atoms with Crippen LogP contribution >= 0.6 is 11.3 Å². The molecule has 2 rings (SSSR count). The Balaban J connectivity index is 2.09. The fraction of sp³-hybridized carbons (Fsp3) is 0.500. The number of carbonyl (C=O) groups is 1. The van der Waals surface area contributed by atoms with Crippen molar-refractivity contribution in [3.05, 3.63) is 21.9 Å². The predicted molar refractivity (Wildman–Crippen MR) is 74.1 cm³/mol. The monoisotopic (exact) mass is 262 g/mol. The normalized spacial score (nSPS) is 19.6. The van der Waals surface area contributed by atoms with Crippen molar-refractivity contribution in [3.8, 4) is 11.8 Å². The maximum absolute atomic E-state index is 12.1. The van der Waals surface area contributed by atoms with E-state index in [1.807, 2.05) is 23.3 Å². The lowest BCUT2D eigenvalue weighted by molar-refractivity contribution is -0.138. The molecule has 96 valence electrons. The molecule has 1 aromatic rings. The van der Waals surface area contributed by atoms with Gasteiger partial charge in [0.05, 0.1) is 13.1 Å². The van der Waals surface area contributed by atoms with E-state index >= 15 is 0 Å². The molecule has 0 bridgehead atoms. The lowest BCUT2D eigenvalue weighted by Gasteiger charge is -2.30. The summed E-state index contributed by atoms with van der Waals surface area (Å²) in [6.07, 6.45) is 2.11. The van der Waals surface area contributed by atoms with Gasteiger partial charge in [0.1, 0.15) is 0 Å². The van der Waals surface area contributed by atoms with E-state index in [1.54, 1.807) is 11.3 Å². The molecule has 18 heavy (non-hydrogen) atoms. The first-order chi connectivity index (χ1) is 8.72. The molecule has 0 saturated carbocycles. The summed E-state index contributed by atoms with van der Waals surface area (Å²) in [7, 11) is 0. The Hall–Kier alpha value is -1.31. The molecule has 1 aliphatic rings. The summed E-state index contributed by atoms with van der Waals surface area (Å²) in [5.41, 5.74) is 6.40. The van der Waals surface area contributed by atoms with Crippen LogP contribution in [0.3, 0.4) is 0 Å². The molecule has 0 aliphatic carbocycles. The van der Waals surface area contributed by atoms with Crippen molar-refractivity contribution >= 4 is 17.2 Å². The van der Waals surface area contributed by atoms with Gasteiger partial charge in [0, 0.05) is 22.9 Å². The van der Waals surface area contributed by atoms with Crippen LogP contribution in [0.1, 0.15) is 30.2 Å². The zero-order chi connectivity index (χ0) is 13.0. The van der Waals surface area contributed by atoms with Crippen molar-refractivity contribution in [2.45, 2.75) is 26.3 Å². The van der Waals surface area contributed by atoms with Crippen LogP contribution in [-0.2, 0) is 11.3 Å². The highest BCUT2D eigenvalue weighted by Gasteiger charge is 2.25. The Morgan fingerprint density at radius 1 is 1.61 bits per heavy atom. The molecular weight excluding hydrogens is 244 g/mol. The molecule has 1 saturated heterocycles. The van der Waals surface area contributed by atoms with E-state index in [0.29, 0.717) is 13.1 Å². The number of carbonyl (C=O) groups excluding carboxylic acids is 1. The highest BCUT2D eigenvalue weighted by atomic mass is 32.1. The van der Waals surface area contributed by atoms with Crippen molar-refractivity contribution < 1.29 is 4.79 Å². The largest absolute Gasteiger partial charge is 0.337 e. The van der Waals surface area contributed by atoms with Gasteiger partial charge in [-0.25, -0.2) is 0 Å². The Labute approximate surface area is 112 Å². The number of amides is 1. The van der Waals surface area contributed by atoms with E-state index in [2.05, 4.69) is 11.8 Å². The van der Waals surface area contributed by atoms with E-state index in [1.165, 1.54) is 4.88 Å². The number of nitrogens with zero attached hydrogens (tertiary/aromatic N) is 1. The first-order valence-corrected chi connectivity index (χ1v) is 7.14. The van der Waals surface area contributed by atoms with Crippen LogP contribution in [0.4, 0.5) is 0 Å². The number of hydrogen-bond acceptors (Lipinski definition) is 3. The molecule has 1 atom stereocenters. The molecule has 3 nitrogen and oxygen atoms in total. The molecule has 1 amide bonds. The highest BCUT2D eigenvalue weighted by Crippen LogP contribution is 2.23. The molecule has 0 radical (unpaired) electrons. The lowest BCUT2D eigenvalue weighted by Crippen LogP contribution is -2.39. The first kappa shape index (κ1) is 13.1. The van der Waals surface area contributed by atoms with Crippen molar-refractivity contribution in [1.82, 2.24) is 4.90 Å². The predicted octanol–water partition coefficient (Wildman–Crippen LogP) is 1.82. The zero-order valence-corrected chi connectivity index (χ0v) is 11.4. The molecule has 1 aromatic heterocycles. The van der Waals surface area contributed by atoms with Crippen LogP contribution in [0.2, 0.25) is 0 Å². The average molecular weight is 262 g/mol. The van der Waals surface area contributed by atoms with Crippen molar-refractivity contribution in [2.75, 3.05) is 13.1 Å². The number of thiophene rings is 1. The van der Waals surface area contributed by atoms with Gasteiger partial charge in [0.15, 0.2) is 0 Å². The highest BCUT2D eigenvalue weighted by molar-refractivity contribution is 7.10. The standard InChI is InChI=1S/C14H18N2OS/c1-11-4-3-8-16(14(11)17)10-13-12(5-2-7-15)6-9-18-13/h6,9,11H,3-4,7-8,10,15H2,1H3. The summed E-state index contributed by atoms with van der Waals surface area (Å²) in [6.45, 7) is 3.94. The van der Waals surface area contributed by atoms with E-state index in [-0.39, 0.29) is 11.8 Å². The Morgan fingerprint density at radius 3 is 3.22 bits per heavy atom. The minimum Gasteiger partial charge on any atom is -0.337 e. The topological polar surface area (TPSA) is 46.3 Å². The summed E-state index contributed by atoms with van der Waals surface area (Å²) in [5, 5.41) is 2.02. The summed E-state index contributed by atoms with van der Waals surface area (Å²) in [6, 6.07) is 2.00. The van der Waals surface area contributed by atoms with Crippen LogP contribution in [-0.4, -0.2) is 23.9 Å². The van der Waals surface area contributed by atoms with Gasteiger partial charge >= 0.3 is 0 Å². The Morgan fingerprint density at radius 2 is 2.44 bits per heavy atom. The van der Waals surface area contributed by atoms with Gasteiger partial charge in [-0.05, 0) is 24.3 Å². The summed E-state index contributed by atoms with van der Waals surface area (Å²) < 4.78 is 0. The van der Waals surface area contributed by atoms with Gasteiger partial charge in [-0.1, -0.05) is 18.8 Å². The molecular formula is C14H18N2OS. The van der Waals surface area contributed by atoms with E-state index in [4.69, 9.17) is 5.73 Å². The third kappa shape index (κ3) is 2.92. The summed E-state index contributed by atoms with van der Waals surface area (Å²) in [5.74, 6) is 6.37. The van der Waals surface area contributed by atoms with Gasteiger partial charge in [-0.15, -0.1) is 11.3 Å². The average Bonchev–Trinajstić information content (AvgIpc) is 2.80. The zero-order valence-electron chi connectivity index (χ0n) is 10.6. The number of hydrogen-bond donors (Lipinski definition) is 1. The molecule has 0 aromatic carbocycles. The molecule has 0 spiro atoms. The van der Waals surface area contributed by atoms with Crippen LogP contribution in [0, 0.1) is 17.8 Å². The van der Waals surface area contributed by atoms with E-state index in [9.17, 15) is 4.79 Å². The van der Waals surface area contributed by atoms with Crippen LogP contribution in [0.15, 0.2) is 11.4 Å². The van der Waals surface area contributed by atoms with Crippen LogP contribution in [0.5, 0.6) is 0 Å². The quantitative estimate of drug-likeness (QED) is 0.826. The van der Waals surface area contributed by atoms with E-state index in [0.717, 1.165) is 24.9 Å². The maximum Gasteiger partial charge on any atom is 0.225 e. The van der Waals surface area contributed by atoms with Gasteiger partial charge < -0.3 is 10.6 Å². The van der Waals surface area contributed by atoms with Gasteiger partial charge in [0.2, 0.25) is 5.91 Å². The molecule has 4 heteroatoms. The molecule has 1 fully saturated rings. The molecule has 1 unspecified atom stereocenters. The Kier molecular flexibility index (Phi) is 4.40. The minimum atomic E-state index is 0.164. The number of likely N-dealkylation sites (tertiary alicyclic amines) is 1. The number of rotatable bonds is 2. The third-order valence-corrected chi connectivity index (χ3v) is 4.11. The second-order valence-corrected chi connectivity index (χ2v) is 5.57. The first-order valence-electron chi connectivity index (χ1n) is 6.26. The smallest absolute Gasteiger partial charge is 0.225 e. The molecule has 2 heterocycles. The fourth-order valence-electron chi connectivity index (χ4n) is 2.18. The second kappa shape index (κ2) is 6.03. The van der Waals surface area contributed by atoms with E-state index < -0.39 is 0 Å². The van der Waals surface area contributed by atoms with Crippen molar-refractivity contribution in [1.29, 1.82) is 0 Å². The van der Waals surface area contributed by atoms with Crippen molar-refractivity contribution in [2.24, 2.45) is 11.7 Å². The van der Waals surface area contributed by atoms with Gasteiger partial charge in [-0.2, -0.15) is 0 Å². The SMILES string of the molecule is CC1CCCN(Cc2sccc2C#CCN)C1=O. The van der Waals surface area contributed by atoms with Gasteiger partial charge in [-0.3, -0.25) is 4.79 Å². The summed E-state index contributed by atoms with van der Waals surface area (Å²) >= 11 is 1.66. The third-order valence-electron chi connectivity index (χ3n) is 3.20. The van der Waals surface area contributed by atoms with Crippen molar-refractivity contribution in [3.63, 3.8) is 0 Å². The van der Waals surface area contributed by atoms with Crippen LogP contribution < -0.4 is 5.73 Å². The minimum absolute atomic E-state index is 0.164. The number of nitrogens with two attached hydrogens (primary N) is 1. The lowest BCUT2D eigenvalue weighted by atomic mass is 9.99. The fourth-order valence-corrected chi connectivity index (χ4v) is 3.03.